The minimum Gasteiger partial charge on any atom is -0.436 e. The molecular formula is C12H16NO2. The van der Waals surface area contributed by atoms with E-state index in [2.05, 4.69) is 18.3 Å². The van der Waals surface area contributed by atoms with Gasteiger partial charge in [-0.2, -0.15) is 0 Å². The number of nitrogens with zero attached hydrogens (tertiary/aromatic N) is 1. The van der Waals surface area contributed by atoms with Crippen molar-refractivity contribution in [3.63, 3.8) is 0 Å². The highest BCUT2D eigenvalue weighted by molar-refractivity contribution is 5.69. The fourth-order valence-corrected chi connectivity index (χ4v) is 2.45. The first-order valence-electron chi connectivity index (χ1n) is 5.49. The lowest BCUT2D eigenvalue weighted by Crippen LogP contribution is -2.44. The SMILES string of the molecule is CC#CCOC(=O)N1C2C[CH]CC1CC2. The van der Waals surface area contributed by atoms with Crippen LogP contribution in [0.1, 0.15) is 32.6 Å². The van der Waals surface area contributed by atoms with Gasteiger partial charge < -0.3 is 9.64 Å². The number of rotatable bonds is 1. The first-order valence-corrected chi connectivity index (χ1v) is 5.49. The van der Waals surface area contributed by atoms with Crippen molar-refractivity contribution in [3.8, 4) is 11.8 Å². The Labute approximate surface area is 90.8 Å². The molecule has 0 spiro atoms. The number of ether oxygens (including phenoxy) is 1. The molecule has 2 unspecified atom stereocenters. The summed E-state index contributed by atoms with van der Waals surface area (Å²) in [5.41, 5.74) is 0. The molecule has 3 heteroatoms. The quantitative estimate of drug-likeness (QED) is 0.614. The van der Waals surface area contributed by atoms with Crippen molar-refractivity contribution in [2.45, 2.75) is 44.7 Å². The van der Waals surface area contributed by atoms with Crippen LogP contribution >= 0.6 is 0 Å². The molecule has 0 N–H and O–H groups in total. The van der Waals surface area contributed by atoms with Crippen LogP contribution in [0.4, 0.5) is 4.79 Å². The van der Waals surface area contributed by atoms with Gasteiger partial charge in [0, 0.05) is 12.1 Å². The second-order valence-corrected chi connectivity index (χ2v) is 4.03. The summed E-state index contributed by atoms with van der Waals surface area (Å²) in [5.74, 6) is 5.45. The Balaban J connectivity index is 1.91. The van der Waals surface area contributed by atoms with Gasteiger partial charge in [-0.25, -0.2) is 4.79 Å². The van der Waals surface area contributed by atoms with Crippen LogP contribution in [0.2, 0.25) is 0 Å². The molecule has 2 fully saturated rings. The van der Waals surface area contributed by atoms with E-state index < -0.39 is 0 Å². The van der Waals surface area contributed by atoms with Gasteiger partial charge in [-0.05, 0) is 39.0 Å². The van der Waals surface area contributed by atoms with Crippen LogP contribution < -0.4 is 0 Å². The number of fused-ring (bicyclic) bond motifs is 2. The molecule has 2 atom stereocenters. The van der Waals surface area contributed by atoms with Crippen molar-refractivity contribution in [1.82, 2.24) is 4.90 Å². The fraction of sp³-hybridized carbons (Fsp3) is 0.667. The zero-order valence-corrected chi connectivity index (χ0v) is 9.03. The number of piperidine rings is 1. The average Bonchev–Trinajstić information content (AvgIpc) is 2.49. The second kappa shape index (κ2) is 4.57. The summed E-state index contributed by atoms with van der Waals surface area (Å²) in [5, 5.41) is 0. The summed E-state index contributed by atoms with van der Waals surface area (Å²) < 4.78 is 5.10. The van der Waals surface area contributed by atoms with Crippen LogP contribution in [0.5, 0.6) is 0 Å². The van der Waals surface area contributed by atoms with E-state index in [-0.39, 0.29) is 12.7 Å². The summed E-state index contributed by atoms with van der Waals surface area (Å²) in [7, 11) is 0. The molecular weight excluding hydrogens is 190 g/mol. The largest absolute Gasteiger partial charge is 0.436 e. The molecule has 2 heterocycles. The Kier molecular flexibility index (Phi) is 3.15. The predicted octanol–water partition coefficient (Wildman–Crippen LogP) is 1.98. The molecule has 0 saturated carbocycles. The zero-order valence-electron chi connectivity index (χ0n) is 9.03. The topological polar surface area (TPSA) is 29.5 Å². The van der Waals surface area contributed by atoms with Gasteiger partial charge in [0.05, 0.1) is 0 Å². The molecule has 2 aliphatic heterocycles. The van der Waals surface area contributed by atoms with Gasteiger partial charge in [-0.3, -0.25) is 0 Å². The normalized spacial score (nSPS) is 28.2. The maximum atomic E-state index is 11.8. The predicted molar refractivity (Wildman–Crippen MR) is 57.0 cm³/mol. The van der Waals surface area contributed by atoms with Crippen LogP contribution in [-0.4, -0.2) is 29.7 Å². The van der Waals surface area contributed by atoms with E-state index >= 15 is 0 Å². The number of amides is 1. The van der Waals surface area contributed by atoms with Crippen LogP contribution in [-0.2, 0) is 4.74 Å². The van der Waals surface area contributed by atoms with E-state index in [9.17, 15) is 4.79 Å². The summed E-state index contributed by atoms with van der Waals surface area (Å²) >= 11 is 0. The highest BCUT2D eigenvalue weighted by Crippen LogP contribution is 2.35. The van der Waals surface area contributed by atoms with Crippen molar-refractivity contribution in [2.24, 2.45) is 0 Å². The highest BCUT2D eigenvalue weighted by atomic mass is 16.6. The van der Waals surface area contributed by atoms with E-state index in [1.165, 1.54) is 0 Å². The van der Waals surface area contributed by atoms with Crippen LogP contribution in [0.3, 0.4) is 0 Å². The molecule has 2 aliphatic rings. The molecule has 0 aromatic rings. The Morgan fingerprint density at radius 2 is 2.13 bits per heavy atom. The van der Waals surface area contributed by atoms with Crippen molar-refractivity contribution < 1.29 is 9.53 Å². The second-order valence-electron chi connectivity index (χ2n) is 4.03. The summed E-state index contributed by atoms with van der Waals surface area (Å²) in [4.78, 5) is 13.7. The van der Waals surface area contributed by atoms with E-state index in [1.54, 1.807) is 6.92 Å². The van der Waals surface area contributed by atoms with Gasteiger partial charge in [-0.15, -0.1) is 5.92 Å². The average molecular weight is 206 g/mol. The summed E-state index contributed by atoms with van der Waals surface area (Å²) in [6.45, 7) is 1.96. The van der Waals surface area contributed by atoms with Crippen LogP contribution in [0.25, 0.3) is 0 Å². The molecule has 0 aliphatic carbocycles. The zero-order chi connectivity index (χ0) is 10.7. The van der Waals surface area contributed by atoms with Crippen molar-refractivity contribution >= 4 is 6.09 Å². The van der Waals surface area contributed by atoms with Crippen LogP contribution in [0.15, 0.2) is 0 Å². The lowest BCUT2D eigenvalue weighted by molar-refractivity contribution is 0.0861. The third-order valence-electron chi connectivity index (χ3n) is 3.15. The summed E-state index contributed by atoms with van der Waals surface area (Å²) in [6, 6.07) is 0.761. The molecule has 2 rings (SSSR count). The lowest BCUT2D eigenvalue weighted by atomic mass is 10.0. The van der Waals surface area contributed by atoms with Gasteiger partial charge in [0.15, 0.2) is 6.61 Å². The maximum Gasteiger partial charge on any atom is 0.411 e. The standard InChI is InChI=1S/C12H16NO2/c1-2-3-9-15-12(14)13-10-5-4-6-11(13)8-7-10/h4,10-11H,5-9H2,1H3. The molecule has 3 nitrogen and oxygen atoms in total. The highest BCUT2D eigenvalue weighted by Gasteiger charge is 2.40. The van der Waals surface area contributed by atoms with Gasteiger partial charge in [0.2, 0.25) is 0 Å². The van der Waals surface area contributed by atoms with Crippen molar-refractivity contribution in [1.29, 1.82) is 0 Å². The monoisotopic (exact) mass is 206 g/mol. The smallest absolute Gasteiger partial charge is 0.411 e. The Morgan fingerprint density at radius 3 is 2.73 bits per heavy atom. The molecule has 81 valence electrons. The summed E-state index contributed by atoms with van der Waals surface area (Å²) in [6.07, 6.45) is 6.39. The molecule has 15 heavy (non-hydrogen) atoms. The third kappa shape index (κ3) is 2.09. The van der Waals surface area contributed by atoms with Gasteiger partial charge in [-0.1, -0.05) is 5.92 Å². The number of carbonyl (C=O) groups is 1. The Bertz CT molecular complexity index is 286. The van der Waals surface area contributed by atoms with E-state index in [1.807, 2.05) is 4.90 Å². The minimum atomic E-state index is -0.182. The first kappa shape index (κ1) is 10.4. The fourth-order valence-electron chi connectivity index (χ4n) is 2.45. The Hall–Kier alpha value is -1.17. The first-order chi connectivity index (χ1) is 7.33. The van der Waals surface area contributed by atoms with Crippen molar-refractivity contribution in [3.05, 3.63) is 6.42 Å². The van der Waals surface area contributed by atoms with E-state index in [0.717, 1.165) is 25.7 Å². The lowest BCUT2D eigenvalue weighted by Gasteiger charge is -2.33. The van der Waals surface area contributed by atoms with Gasteiger partial charge in [0.25, 0.3) is 0 Å². The van der Waals surface area contributed by atoms with Gasteiger partial charge in [0.1, 0.15) is 0 Å². The molecule has 0 aromatic heterocycles. The Morgan fingerprint density at radius 1 is 1.47 bits per heavy atom. The number of hydrogen-bond acceptors (Lipinski definition) is 2. The minimum absolute atomic E-state index is 0.182. The van der Waals surface area contributed by atoms with Crippen molar-refractivity contribution in [2.75, 3.05) is 6.61 Å². The number of hydrogen-bond donors (Lipinski definition) is 0. The molecule has 2 bridgehead atoms. The number of carbonyl (C=O) groups excluding carboxylic acids is 1. The van der Waals surface area contributed by atoms with E-state index in [0.29, 0.717) is 12.1 Å². The van der Waals surface area contributed by atoms with Crippen LogP contribution in [0, 0.1) is 18.3 Å². The molecule has 1 amide bonds. The van der Waals surface area contributed by atoms with Gasteiger partial charge >= 0.3 is 6.09 Å². The molecule has 2 saturated heterocycles. The molecule has 0 aromatic carbocycles. The van der Waals surface area contributed by atoms with E-state index in [4.69, 9.17) is 4.74 Å². The molecule has 1 radical (unpaired) electrons. The maximum absolute atomic E-state index is 11.8. The third-order valence-corrected chi connectivity index (χ3v) is 3.15.